The summed E-state index contributed by atoms with van der Waals surface area (Å²) in [5, 5.41) is 4.11. The van der Waals surface area contributed by atoms with Crippen LogP contribution < -0.4 is 4.74 Å². The fourth-order valence-electron chi connectivity index (χ4n) is 2.06. The highest BCUT2D eigenvalue weighted by Gasteiger charge is 2.12. The molecule has 8 heteroatoms. The molecular formula is C15H13F3N4O. The maximum Gasteiger partial charge on any atom is 0.320 e. The van der Waals surface area contributed by atoms with Crippen LogP contribution in [0.15, 0.2) is 49.1 Å². The molecule has 23 heavy (non-hydrogen) atoms. The second kappa shape index (κ2) is 6.55. The van der Waals surface area contributed by atoms with Crippen LogP contribution in [0.3, 0.4) is 0 Å². The Bertz CT molecular complexity index is 767. The van der Waals surface area contributed by atoms with Gasteiger partial charge in [0.15, 0.2) is 11.6 Å². The minimum Gasteiger partial charge on any atom is -0.482 e. The Hall–Kier alpha value is -2.77. The lowest BCUT2D eigenvalue weighted by Crippen LogP contribution is -2.07. The molecule has 0 aliphatic heterocycles. The molecule has 3 aromatic rings. The maximum absolute atomic E-state index is 12.9. The third kappa shape index (κ3) is 3.71. The van der Waals surface area contributed by atoms with Crippen LogP contribution in [-0.2, 0) is 13.2 Å². The fraction of sp³-hybridized carbons (Fsp3) is 0.200. The van der Waals surface area contributed by atoms with E-state index in [0.717, 1.165) is 10.1 Å². The molecule has 0 radical (unpaired) electrons. The van der Waals surface area contributed by atoms with Crippen molar-refractivity contribution in [3.63, 3.8) is 0 Å². The van der Waals surface area contributed by atoms with Crippen molar-refractivity contribution in [2.45, 2.75) is 19.7 Å². The van der Waals surface area contributed by atoms with Crippen LogP contribution in [0.4, 0.5) is 13.2 Å². The van der Waals surface area contributed by atoms with Crippen molar-refractivity contribution in [1.29, 1.82) is 0 Å². The largest absolute Gasteiger partial charge is 0.482 e. The van der Waals surface area contributed by atoms with E-state index in [1.54, 1.807) is 23.0 Å². The average Bonchev–Trinajstić information content (AvgIpc) is 3.16. The molecule has 120 valence electrons. The summed E-state index contributed by atoms with van der Waals surface area (Å²) in [7, 11) is 0. The van der Waals surface area contributed by atoms with E-state index in [2.05, 4.69) is 10.1 Å². The van der Waals surface area contributed by atoms with Crippen molar-refractivity contribution >= 4 is 0 Å². The second-order valence-corrected chi connectivity index (χ2v) is 4.82. The Morgan fingerprint density at radius 2 is 1.96 bits per heavy atom. The van der Waals surface area contributed by atoms with E-state index in [9.17, 15) is 13.2 Å². The SMILES string of the molecule is Fc1ccc(Cn2cc(OCc3nccn3C(F)F)cn2)cc1. The van der Waals surface area contributed by atoms with Gasteiger partial charge in [-0.25, -0.2) is 9.37 Å². The first-order valence-electron chi connectivity index (χ1n) is 6.81. The molecule has 0 N–H and O–H groups in total. The van der Waals surface area contributed by atoms with Crippen molar-refractivity contribution in [3.8, 4) is 5.75 Å². The summed E-state index contributed by atoms with van der Waals surface area (Å²) < 4.78 is 46.0. The molecule has 5 nitrogen and oxygen atoms in total. The van der Waals surface area contributed by atoms with Gasteiger partial charge >= 0.3 is 6.55 Å². The molecule has 0 aliphatic rings. The van der Waals surface area contributed by atoms with Gasteiger partial charge < -0.3 is 4.74 Å². The van der Waals surface area contributed by atoms with Crippen LogP contribution in [0, 0.1) is 5.82 Å². The highest BCUT2D eigenvalue weighted by Crippen LogP contribution is 2.16. The first-order chi connectivity index (χ1) is 11.1. The van der Waals surface area contributed by atoms with E-state index in [1.807, 2.05) is 0 Å². The Kier molecular flexibility index (Phi) is 4.31. The Morgan fingerprint density at radius 1 is 1.17 bits per heavy atom. The van der Waals surface area contributed by atoms with Crippen LogP contribution in [0.1, 0.15) is 17.9 Å². The molecule has 0 aliphatic carbocycles. The molecule has 0 amide bonds. The third-order valence-corrected chi connectivity index (χ3v) is 3.19. The predicted octanol–water partition coefficient (Wildman–Crippen LogP) is 3.24. The maximum atomic E-state index is 12.9. The summed E-state index contributed by atoms with van der Waals surface area (Å²) in [5.74, 6) is 0.273. The van der Waals surface area contributed by atoms with E-state index in [1.165, 1.54) is 30.7 Å². The zero-order valence-corrected chi connectivity index (χ0v) is 11.9. The van der Waals surface area contributed by atoms with E-state index in [4.69, 9.17) is 4.74 Å². The summed E-state index contributed by atoms with van der Waals surface area (Å²) in [6.45, 7) is -2.29. The molecule has 3 rings (SSSR count). The smallest absolute Gasteiger partial charge is 0.320 e. The van der Waals surface area contributed by atoms with Gasteiger partial charge in [0.1, 0.15) is 12.4 Å². The molecule has 0 saturated carbocycles. The van der Waals surface area contributed by atoms with Gasteiger partial charge in [0, 0.05) is 12.4 Å². The van der Waals surface area contributed by atoms with Gasteiger partial charge in [-0.2, -0.15) is 13.9 Å². The van der Waals surface area contributed by atoms with Gasteiger partial charge in [-0.3, -0.25) is 9.25 Å². The van der Waals surface area contributed by atoms with Crippen molar-refractivity contribution in [1.82, 2.24) is 19.3 Å². The van der Waals surface area contributed by atoms with Crippen molar-refractivity contribution in [2.24, 2.45) is 0 Å². The molecule has 2 heterocycles. The minimum atomic E-state index is -2.66. The summed E-state index contributed by atoms with van der Waals surface area (Å²) >= 11 is 0. The van der Waals surface area contributed by atoms with E-state index >= 15 is 0 Å². The zero-order valence-electron chi connectivity index (χ0n) is 11.9. The highest BCUT2D eigenvalue weighted by atomic mass is 19.3. The van der Waals surface area contributed by atoms with Gasteiger partial charge in [-0.15, -0.1) is 0 Å². The van der Waals surface area contributed by atoms with Crippen LogP contribution in [0.25, 0.3) is 0 Å². The lowest BCUT2D eigenvalue weighted by molar-refractivity contribution is 0.0632. The third-order valence-electron chi connectivity index (χ3n) is 3.19. The quantitative estimate of drug-likeness (QED) is 0.700. The predicted molar refractivity (Wildman–Crippen MR) is 75.5 cm³/mol. The zero-order chi connectivity index (χ0) is 16.2. The van der Waals surface area contributed by atoms with Gasteiger partial charge in [0.2, 0.25) is 0 Å². The molecule has 0 fully saturated rings. The molecule has 0 unspecified atom stereocenters. The lowest BCUT2D eigenvalue weighted by Gasteiger charge is -2.06. The van der Waals surface area contributed by atoms with E-state index < -0.39 is 6.55 Å². The van der Waals surface area contributed by atoms with Crippen molar-refractivity contribution < 1.29 is 17.9 Å². The fourth-order valence-corrected chi connectivity index (χ4v) is 2.06. The number of rotatable bonds is 6. The lowest BCUT2D eigenvalue weighted by atomic mass is 10.2. The normalized spacial score (nSPS) is 11.1. The van der Waals surface area contributed by atoms with Gasteiger partial charge in [0.05, 0.1) is 18.9 Å². The van der Waals surface area contributed by atoms with Gasteiger partial charge in [0.25, 0.3) is 0 Å². The highest BCUT2D eigenvalue weighted by molar-refractivity contribution is 5.18. The van der Waals surface area contributed by atoms with Crippen LogP contribution >= 0.6 is 0 Å². The van der Waals surface area contributed by atoms with Crippen LogP contribution in [0.5, 0.6) is 5.75 Å². The summed E-state index contributed by atoms with van der Waals surface area (Å²) in [6.07, 6.45) is 5.61. The topological polar surface area (TPSA) is 44.9 Å². The molecule has 0 bridgehead atoms. The van der Waals surface area contributed by atoms with Crippen LogP contribution in [0.2, 0.25) is 0 Å². The molecule has 1 aromatic carbocycles. The summed E-state index contributed by atoms with van der Waals surface area (Å²) in [4.78, 5) is 3.83. The number of imidazole rings is 1. The average molecular weight is 322 g/mol. The first kappa shape index (κ1) is 15.1. The Labute approximate surface area is 129 Å². The number of hydrogen-bond donors (Lipinski definition) is 0. The standard InChI is InChI=1S/C15H13F3N4O/c16-12-3-1-11(2-4-12)8-21-9-13(7-20-21)23-10-14-19-5-6-22(14)15(17)18/h1-7,9,15H,8,10H2. The number of alkyl halides is 2. The van der Waals surface area contributed by atoms with Crippen LogP contribution in [-0.4, -0.2) is 19.3 Å². The van der Waals surface area contributed by atoms with Gasteiger partial charge in [-0.1, -0.05) is 12.1 Å². The monoisotopic (exact) mass is 322 g/mol. The minimum absolute atomic E-state index is 0.0837. The molecule has 0 saturated heterocycles. The Morgan fingerprint density at radius 3 is 2.70 bits per heavy atom. The number of aromatic nitrogens is 4. The number of hydrogen-bond acceptors (Lipinski definition) is 3. The molecule has 0 spiro atoms. The van der Waals surface area contributed by atoms with Crippen molar-refractivity contribution in [3.05, 3.63) is 66.3 Å². The molecule has 2 aromatic heterocycles. The summed E-state index contributed by atoms with van der Waals surface area (Å²) in [6, 6.07) is 6.08. The van der Waals surface area contributed by atoms with Gasteiger partial charge in [-0.05, 0) is 17.7 Å². The van der Waals surface area contributed by atoms with Crippen molar-refractivity contribution in [2.75, 3.05) is 0 Å². The summed E-state index contributed by atoms with van der Waals surface area (Å²) in [5.41, 5.74) is 0.884. The molecule has 0 atom stereocenters. The number of benzene rings is 1. The Balaban J connectivity index is 1.61. The number of halogens is 3. The first-order valence-corrected chi connectivity index (χ1v) is 6.81. The number of nitrogens with zero attached hydrogens (tertiary/aromatic N) is 4. The number of ether oxygens (including phenoxy) is 1. The van der Waals surface area contributed by atoms with E-state index in [0.29, 0.717) is 12.3 Å². The molecular weight excluding hydrogens is 309 g/mol. The second-order valence-electron chi connectivity index (χ2n) is 4.82. The van der Waals surface area contributed by atoms with E-state index in [-0.39, 0.29) is 18.2 Å².